The first kappa shape index (κ1) is 30.3. The number of H-pyrrole nitrogens is 1. The van der Waals surface area contributed by atoms with Crippen LogP contribution in [-0.4, -0.2) is 75.4 Å². The van der Waals surface area contributed by atoms with E-state index in [0.29, 0.717) is 32.2 Å². The lowest BCUT2D eigenvalue weighted by Gasteiger charge is -2.29. The topological polar surface area (TPSA) is 161 Å². The van der Waals surface area contributed by atoms with Crippen LogP contribution in [0.15, 0.2) is 60.8 Å². The van der Waals surface area contributed by atoms with Crippen LogP contribution < -0.4 is 16.4 Å². The minimum absolute atomic E-state index is 0.107. The van der Waals surface area contributed by atoms with Crippen molar-refractivity contribution >= 4 is 35.7 Å². The van der Waals surface area contributed by atoms with Crippen LogP contribution in [0.3, 0.4) is 0 Å². The summed E-state index contributed by atoms with van der Waals surface area (Å²) in [5, 5.41) is 26.2. The van der Waals surface area contributed by atoms with E-state index < -0.39 is 43.0 Å². The Bertz CT molecular complexity index is 1330. The van der Waals surface area contributed by atoms with E-state index in [0.717, 1.165) is 22.0 Å². The van der Waals surface area contributed by atoms with Crippen molar-refractivity contribution in [3.05, 3.63) is 71.9 Å². The Labute approximate surface area is 240 Å². The normalized spacial score (nSPS) is 17.3. The van der Waals surface area contributed by atoms with Crippen LogP contribution in [0.1, 0.15) is 44.2 Å². The third-order valence-electron chi connectivity index (χ3n) is 7.60. The highest BCUT2D eigenvalue weighted by molar-refractivity contribution is 6.43. The maximum Gasteiger partial charge on any atom is 0.475 e. The summed E-state index contributed by atoms with van der Waals surface area (Å²) in [6, 6.07) is 14.5. The number of carbonyl (C=O) groups is 3. The van der Waals surface area contributed by atoms with E-state index in [1.165, 1.54) is 4.90 Å². The van der Waals surface area contributed by atoms with Gasteiger partial charge in [0, 0.05) is 30.1 Å². The summed E-state index contributed by atoms with van der Waals surface area (Å²) >= 11 is 0. The first-order valence-corrected chi connectivity index (χ1v) is 14.3. The number of nitrogens with two attached hydrogens (primary N) is 1. The Morgan fingerprint density at radius 2 is 1.76 bits per heavy atom. The fraction of sp³-hybridized carbons (Fsp3) is 0.433. The Morgan fingerprint density at radius 3 is 2.46 bits per heavy atom. The van der Waals surface area contributed by atoms with Crippen LogP contribution in [0.4, 0.5) is 0 Å². The predicted octanol–water partition coefficient (Wildman–Crippen LogP) is 1.30. The minimum atomic E-state index is -1.74. The van der Waals surface area contributed by atoms with Gasteiger partial charge in [0.15, 0.2) is 0 Å². The van der Waals surface area contributed by atoms with Gasteiger partial charge in [0.25, 0.3) is 0 Å². The van der Waals surface area contributed by atoms with Crippen molar-refractivity contribution in [1.29, 1.82) is 0 Å². The van der Waals surface area contributed by atoms with E-state index >= 15 is 0 Å². The van der Waals surface area contributed by atoms with Crippen LogP contribution in [0.25, 0.3) is 10.9 Å². The molecule has 11 heteroatoms. The monoisotopic (exact) mass is 561 g/mol. The maximum atomic E-state index is 13.5. The number of aromatic nitrogens is 1. The summed E-state index contributed by atoms with van der Waals surface area (Å²) in [6.45, 7) is 4.24. The largest absolute Gasteiger partial charge is 0.475 e. The van der Waals surface area contributed by atoms with E-state index in [4.69, 9.17) is 5.73 Å². The Kier molecular flexibility index (Phi) is 10.2. The van der Waals surface area contributed by atoms with Crippen molar-refractivity contribution in [2.24, 2.45) is 11.7 Å². The molecule has 218 valence electrons. The molecule has 0 aliphatic carbocycles. The van der Waals surface area contributed by atoms with Crippen molar-refractivity contribution < 1.29 is 24.4 Å². The predicted molar refractivity (Wildman–Crippen MR) is 158 cm³/mol. The molecule has 1 aromatic heterocycles. The Balaban J connectivity index is 1.46. The fourth-order valence-electron chi connectivity index (χ4n) is 5.51. The van der Waals surface area contributed by atoms with Gasteiger partial charge in [-0.15, -0.1) is 0 Å². The average Bonchev–Trinajstić information content (AvgIpc) is 3.60. The first-order valence-electron chi connectivity index (χ1n) is 14.3. The zero-order valence-corrected chi connectivity index (χ0v) is 23.6. The molecule has 10 nitrogen and oxygen atoms in total. The van der Waals surface area contributed by atoms with Crippen LogP contribution >= 0.6 is 0 Å². The maximum absolute atomic E-state index is 13.5. The molecule has 0 saturated carbocycles. The van der Waals surface area contributed by atoms with Crippen molar-refractivity contribution in [3.8, 4) is 0 Å². The number of nitrogens with zero attached hydrogens (tertiary/aromatic N) is 1. The number of hydrogen-bond acceptors (Lipinski definition) is 6. The molecular weight excluding hydrogens is 521 g/mol. The Morgan fingerprint density at radius 1 is 1.05 bits per heavy atom. The van der Waals surface area contributed by atoms with E-state index in [1.54, 1.807) is 0 Å². The van der Waals surface area contributed by atoms with E-state index in [2.05, 4.69) is 15.6 Å². The zero-order chi connectivity index (χ0) is 29.5. The molecule has 3 amide bonds. The average molecular weight is 561 g/mol. The van der Waals surface area contributed by atoms with Gasteiger partial charge in [0.05, 0.1) is 12.0 Å². The number of benzene rings is 2. The van der Waals surface area contributed by atoms with Crippen LogP contribution in [-0.2, 0) is 27.2 Å². The van der Waals surface area contributed by atoms with E-state index in [-0.39, 0.29) is 18.2 Å². The van der Waals surface area contributed by atoms with Crippen LogP contribution in [0, 0.1) is 5.92 Å². The SMILES string of the molecule is CC(C)C[C@H](NC(=O)[C@H](Cc1ccccc1)NC(=O)[C@@H]1CCCN1C(=O)[C@@H](N)Cc1c[nH]c2ccccc12)B(O)O. The molecule has 0 spiro atoms. The fourth-order valence-corrected chi connectivity index (χ4v) is 5.51. The number of aromatic amines is 1. The number of para-hydroxylation sites is 1. The molecule has 2 aromatic carbocycles. The molecule has 4 atom stereocenters. The molecular formula is C30H40BN5O5. The van der Waals surface area contributed by atoms with Crippen molar-refractivity contribution in [3.63, 3.8) is 0 Å². The van der Waals surface area contributed by atoms with Gasteiger partial charge < -0.3 is 36.3 Å². The number of amides is 3. The molecule has 4 rings (SSSR count). The second kappa shape index (κ2) is 13.8. The minimum Gasteiger partial charge on any atom is -0.426 e. The summed E-state index contributed by atoms with van der Waals surface area (Å²) in [7, 11) is -1.74. The highest BCUT2D eigenvalue weighted by Gasteiger charge is 2.38. The summed E-state index contributed by atoms with van der Waals surface area (Å²) in [6.07, 6.45) is 3.85. The molecule has 0 radical (unpaired) electrons. The van der Waals surface area contributed by atoms with Gasteiger partial charge in [-0.1, -0.05) is 62.4 Å². The van der Waals surface area contributed by atoms with Gasteiger partial charge in [-0.3, -0.25) is 14.4 Å². The summed E-state index contributed by atoms with van der Waals surface area (Å²) < 4.78 is 0. The second-order valence-electron chi connectivity index (χ2n) is 11.3. The number of fused-ring (bicyclic) bond motifs is 1. The standard InChI is InChI=1S/C30H40BN5O5/c1-19(2)15-27(31(40)41)35-28(37)25(16-20-9-4-3-5-10-20)34-29(38)26-13-8-14-36(26)30(39)23(32)17-21-18-33-24-12-7-6-11-22(21)24/h3-7,9-12,18-19,23,25-27,33,40-41H,8,13-17,32H2,1-2H3,(H,34,38)(H,35,37)/t23-,25-,26-,27-/m0/s1. The third-order valence-corrected chi connectivity index (χ3v) is 7.60. The lowest BCUT2D eigenvalue weighted by molar-refractivity contribution is -0.140. The molecule has 2 heterocycles. The van der Waals surface area contributed by atoms with Crippen molar-refractivity contribution in [2.75, 3.05) is 6.54 Å². The summed E-state index contributed by atoms with van der Waals surface area (Å²) in [5.41, 5.74) is 9.10. The summed E-state index contributed by atoms with van der Waals surface area (Å²) in [5.74, 6) is -2.04. The molecule has 41 heavy (non-hydrogen) atoms. The highest BCUT2D eigenvalue weighted by Crippen LogP contribution is 2.22. The van der Waals surface area contributed by atoms with Crippen LogP contribution in [0.5, 0.6) is 0 Å². The highest BCUT2D eigenvalue weighted by atomic mass is 16.4. The molecule has 0 unspecified atom stereocenters. The first-order chi connectivity index (χ1) is 19.6. The van der Waals surface area contributed by atoms with Crippen molar-refractivity contribution in [2.45, 2.75) is 70.0 Å². The molecule has 3 aromatic rings. The van der Waals surface area contributed by atoms with Crippen molar-refractivity contribution in [1.82, 2.24) is 20.5 Å². The number of hydrogen-bond donors (Lipinski definition) is 6. The zero-order valence-electron chi connectivity index (χ0n) is 23.6. The van der Waals surface area contributed by atoms with Gasteiger partial charge in [-0.05, 0) is 48.8 Å². The number of carbonyl (C=O) groups excluding carboxylic acids is 3. The van der Waals surface area contributed by atoms with Gasteiger partial charge >= 0.3 is 7.12 Å². The molecule has 7 N–H and O–H groups in total. The van der Waals surface area contributed by atoms with E-state index in [1.807, 2.05) is 74.6 Å². The quantitative estimate of drug-likeness (QED) is 0.183. The molecule has 1 fully saturated rings. The molecule has 1 aliphatic rings. The molecule has 1 aliphatic heterocycles. The lowest BCUT2D eigenvalue weighted by Crippen LogP contribution is -2.58. The second-order valence-corrected chi connectivity index (χ2v) is 11.3. The number of rotatable bonds is 12. The van der Waals surface area contributed by atoms with Gasteiger partial charge in [0.2, 0.25) is 17.7 Å². The Hall–Kier alpha value is -3.67. The van der Waals surface area contributed by atoms with Gasteiger partial charge in [-0.2, -0.15) is 0 Å². The number of likely N-dealkylation sites (tertiary alicyclic amines) is 1. The number of nitrogens with one attached hydrogen (secondary N) is 3. The molecule has 0 bridgehead atoms. The van der Waals surface area contributed by atoms with E-state index in [9.17, 15) is 24.4 Å². The lowest BCUT2D eigenvalue weighted by atomic mass is 9.75. The smallest absolute Gasteiger partial charge is 0.426 e. The third kappa shape index (κ3) is 7.75. The van der Waals surface area contributed by atoms with Crippen LogP contribution in [0.2, 0.25) is 0 Å². The van der Waals surface area contributed by atoms with Gasteiger partial charge in [0.1, 0.15) is 12.1 Å². The summed E-state index contributed by atoms with van der Waals surface area (Å²) in [4.78, 5) is 45.0. The molecule has 1 saturated heterocycles. The van der Waals surface area contributed by atoms with Gasteiger partial charge in [-0.25, -0.2) is 0 Å².